The molecule has 7 heteroatoms. The number of fused-ring (bicyclic) bond motifs is 5. The molecule has 2 atom stereocenters. The number of rotatable bonds is 3. The lowest BCUT2D eigenvalue weighted by molar-refractivity contribution is -0.127. The summed E-state index contributed by atoms with van der Waals surface area (Å²) in [5.74, 6) is -0.841. The first kappa shape index (κ1) is 19.7. The fourth-order valence-corrected chi connectivity index (χ4v) is 5.60. The summed E-state index contributed by atoms with van der Waals surface area (Å²) in [5.41, 5.74) is 0.145. The molecule has 2 bridgehead atoms. The van der Waals surface area contributed by atoms with Gasteiger partial charge >= 0.3 is 0 Å². The zero-order chi connectivity index (χ0) is 22.0. The van der Waals surface area contributed by atoms with Crippen molar-refractivity contribution in [1.29, 1.82) is 0 Å². The van der Waals surface area contributed by atoms with Crippen molar-refractivity contribution >= 4 is 11.7 Å². The number of hydrogen-bond acceptors (Lipinski definition) is 4. The van der Waals surface area contributed by atoms with Crippen molar-refractivity contribution in [3.05, 3.63) is 71.6 Å². The molecule has 1 fully saturated rings. The van der Waals surface area contributed by atoms with Crippen LogP contribution in [0.15, 0.2) is 48.7 Å². The third kappa shape index (κ3) is 2.52. The molecule has 2 heterocycles. The molecule has 3 aromatic rings. The lowest BCUT2D eigenvalue weighted by atomic mass is 9.67. The number of halogens is 2. The van der Waals surface area contributed by atoms with Crippen LogP contribution in [-0.2, 0) is 10.2 Å². The van der Waals surface area contributed by atoms with E-state index in [1.54, 1.807) is 36.3 Å². The van der Waals surface area contributed by atoms with Crippen LogP contribution in [0.2, 0.25) is 0 Å². The smallest absolute Gasteiger partial charge is 0.240 e. The van der Waals surface area contributed by atoms with Crippen LogP contribution in [0, 0.1) is 17.0 Å². The maximum Gasteiger partial charge on any atom is 0.240 e. The average Bonchev–Trinajstić information content (AvgIpc) is 3.14. The molecule has 2 aliphatic carbocycles. The van der Waals surface area contributed by atoms with Crippen molar-refractivity contribution in [2.45, 2.75) is 38.0 Å². The van der Waals surface area contributed by atoms with E-state index in [0.717, 1.165) is 12.0 Å². The number of carbonyl (C=O) groups is 1. The molecule has 5 nitrogen and oxygen atoms in total. The van der Waals surface area contributed by atoms with Crippen molar-refractivity contribution in [2.75, 3.05) is 11.9 Å². The second-order valence-electron chi connectivity index (χ2n) is 8.90. The van der Waals surface area contributed by atoms with Crippen molar-refractivity contribution in [2.24, 2.45) is 5.41 Å². The molecule has 1 amide bonds. The van der Waals surface area contributed by atoms with Gasteiger partial charge in [-0.1, -0.05) is 26.0 Å². The second kappa shape index (κ2) is 6.64. The molecule has 2 aliphatic rings. The van der Waals surface area contributed by atoms with Gasteiger partial charge in [0.05, 0.1) is 22.4 Å². The largest absolute Gasteiger partial charge is 0.299 e. The minimum absolute atomic E-state index is 0.0488. The van der Waals surface area contributed by atoms with Gasteiger partial charge < -0.3 is 0 Å². The second-order valence-corrected chi connectivity index (χ2v) is 8.90. The van der Waals surface area contributed by atoms with Gasteiger partial charge in [0.15, 0.2) is 0 Å². The molecule has 1 aromatic carbocycles. The number of hydrogen-bond donors (Lipinski definition) is 0. The molecule has 0 saturated heterocycles. The minimum atomic E-state index is -0.863. The van der Waals surface area contributed by atoms with E-state index in [2.05, 4.69) is 29.0 Å². The molecule has 5 rings (SSSR count). The van der Waals surface area contributed by atoms with E-state index < -0.39 is 22.5 Å². The standard InChI is InChI=1S/C24H22F2N4O/c1-23(2)15-10-11-24(23,22(31)30(3)19-9-4-5-12-27-19)21-14(15)13-18(28-29-21)20-16(25)7-6-8-17(20)26/h4-9,12-13,15H,10-11H2,1-3H3/t15-,24?/m1/s1. The quantitative estimate of drug-likeness (QED) is 0.620. The fraction of sp³-hybridized carbons (Fsp3) is 0.333. The summed E-state index contributed by atoms with van der Waals surface area (Å²) >= 11 is 0. The van der Waals surface area contributed by atoms with Gasteiger partial charge in [-0.15, -0.1) is 5.10 Å². The summed E-state index contributed by atoms with van der Waals surface area (Å²) < 4.78 is 28.7. The Hall–Kier alpha value is -3.22. The predicted molar refractivity (Wildman–Crippen MR) is 112 cm³/mol. The highest BCUT2D eigenvalue weighted by molar-refractivity contribution is 6.02. The maximum absolute atomic E-state index is 14.3. The molecule has 1 unspecified atom stereocenters. The molecule has 0 radical (unpaired) electrons. The topological polar surface area (TPSA) is 59.0 Å². The number of nitrogens with zero attached hydrogens (tertiary/aromatic N) is 4. The maximum atomic E-state index is 14.3. The van der Waals surface area contributed by atoms with Crippen LogP contribution in [0.4, 0.5) is 14.6 Å². The monoisotopic (exact) mass is 420 g/mol. The van der Waals surface area contributed by atoms with E-state index in [-0.39, 0.29) is 23.1 Å². The molecule has 2 aromatic heterocycles. The van der Waals surface area contributed by atoms with E-state index in [4.69, 9.17) is 0 Å². The molecule has 0 aliphatic heterocycles. The van der Waals surface area contributed by atoms with Crippen molar-refractivity contribution in [1.82, 2.24) is 15.2 Å². The van der Waals surface area contributed by atoms with E-state index in [0.29, 0.717) is 17.9 Å². The van der Waals surface area contributed by atoms with Crippen molar-refractivity contribution < 1.29 is 13.6 Å². The number of aromatic nitrogens is 3. The summed E-state index contributed by atoms with van der Waals surface area (Å²) in [6.45, 7) is 4.14. The number of likely N-dealkylation sites (N-methyl/N-ethyl adjacent to an activating group) is 1. The molecule has 0 N–H and O–H groups in total. The van der Waals surface area contributed by atoms with Crippen molar-refractivity contribution in [3.63, 3.8) is 0 Å². The lowest BCUT2D eigenvalue weighted by Gasteiger charge is -2.38. The number of pyridine rings is 1. The SMILES string of the molecule is CN(C(=O)C12CC[C@H](c3cc(-c4c(F)cccc4F)nnc31)C2(C)C)c1ccccn1. The van der Waals surface area contributed by atoms with Gasteiger partial charge in [0.2, 0.25) is 5.91 Å². The lowest BCUT2D eigenvalue weighted by Crippen LogP contribution is -2.50. The Bertz CT molecular complexity index is 1180. The first-order valence-electron chi connectivity index (χ1n) is 10.3. The van der Waals surface area contributed by atoms with E-state index in [1.807, 2.05) is 6.07 Å². The van der Waals surface area contributed by atoms with Crippen LogP contribution in [0.25, 0.3) is 11.3 Å². The highest BCUT2D eigenvalue weighted by Gasteiger charge is 2.68. The predicted octanol–water partition coefficient (Wildman–Crippen LogP) is 4.63. The van der Waals surface area contributed by atoms with Gasteiger partial charge in [-0.25, -0.2) is 13.8 Å². The molecule has 158 valence electrons. The highest BCUT2D eigenvalue weighted by atomic mass is 19.1. The third-order valence-electron chi connectivity index (χ3n) is 7.26. The molecular formula is C24H22F2N4O. The Labute approximate surface area is 179 Å². The van der Waals surface area contributed by atoms with Crippen molar-refractivity contribution in [3.8, 4) is 11.3 Å². The first-order valence-corrected chi connectivity index (χ1v) is 10.3. The molecular weight excluding hydrogens is 398 g/mol. The number of anilines is 1. The van der Waals surface area contributed by atoms with Gasteiger partial charge in [-0.3, -0.25) is 9.69 Å². The Morgan fingerprint density at radius 3 is 2.52 bits per heavy atom. The average molecular weight is 420 g/mol. The van der Waals surface area contributed by atoms with Crippen LogP contribution in [0.5, 0.6) is 0 Å². The third-order valence-corrected chi connectivity index (χ3v) is 7.26. The number of carbonyl (C=O) groups excluding carboxylic acids is 1. The van der Waals surface area contributed by atoms with Gasteiger partial charge in [-0.05, 0) is 60.1 Å². The van der Waals surface area contributed by atoms with Gasteiger partial charge in [0.1, 0.15) is 17.5 Å². The fourth-order valence-electron chi connectivity index (χ4n) is 5.60. The van der Waals surface area contributed by atoms with E-state index in [9.17, 15) is 13.6 Å². The Morgan fingerprint density at radius 2 is 1.84 bits per heavy atom. The summed E-state index contributed by atoms with van der Waals surface area (Å²) in [5, 5.41) is 8.58. The number of amides is 1. The van der Waals surface area contributed by atoms with Crippen LogP contribution in [-0.4, -0.2) is 28.1 Å². The van der Waals surface area contributed by atoms with Crippen LogP contribution in [0.1, 0.15) is 43.9 Å². The zero-order valence-electron chi connectivity index (χ0n) is 17.6. The summed E-state index contributed by atoms with van der Waals surface area (Å²) in [6.07, 6.45) is 3.10. The van der Waals surface area contributed by atoms with Gasteiger partial charge in [0, 0.05) is 13.2 Å². The molecule has 1 saturated carbocycles. The van der Waals surface area contributed by atoms with Gasteiger partial charge in [0.25, 0.3) is 0 Å². The number of benzene rings is 1. The Kier molecular flexibility index (Phi) is 4.22. The normalized spacial score (nSPS) is 22.9. The van der Waals surface area contributed by atoms with E-state index in [1.165, 1.54) is 18.2 Å². The Balaban J connectivity index is 1.64. The Morgan fingerprint density at radius 1 is 1.10 bits per heavy atom. The summed E-state index contributed by atoms with van der Waals surface area (Å²) in [6, 6.07) is 10.9. The summed E-state index contributed by atoms with van der Waals surface area (Å²) in [7, 11) is 1.72. The summed E-state index contributed by atoms with van der Waals surface area (Å²) in [4.78, 5) is 19.8. The van der Waals surface area contributed by atoms with Crippen LogP contribution >= 0.6 is 0 Å². The molecule has 0 spiro atoms. The highest BCUT2D eigenvalue weighted by Crippen LogP contribution is 2.68. The van der Waals surface area contributed by atoms with Crippen LogP contribution < -0.4 is 4.90 Å². The minimum Gasteiger partial charge on any atom is -0.299 e. The molecule has 31 heavy (non-hydrogen) atoms. The first-order chi connectivity index (χ1) is 14.8. The van der Waals surface area contributed by atoms with Gasteiger partial charge in [-0.2, -0.15) is 5.10 Å². The zero-order valence-corrected chi connectivity index (χ0v) is 17.6. The van der Waals surface area contributed by atoms with Crippen LogP contribution in [0.3, 0.4) is 0 Å². The van der Waals surface area contributed by atoms with E-state index >= 15 is 0 Å².